The van der Waals surface area contributed by atoms with Gasteiger partial charge in [-0.3, -0.25) is 14.5 Å². The second-order valence-corrected chi connectivity index (χ2v) is 4.75. The number of piperidine rings is 1. The minimum Gasteiger partial charge on any atom is -0.395 e. The van der Waals surface area contributed by atoms with Crippen molar-refractivity contribution in [2.75, 3.05) is 11.5 Å². The number of aliphatic hydroxyl groups is 1. The third-order valence-electron chi connectivity index (χ3n) is 3.21. The molecule has 0 radical (unpaired) electrons. The molecule has 2 amide bonds. The topological polar surface area (TPSA) is 57.6 Å². The number of anilines is 1. The molecule has 20 heavy (non-hydrogen) atoms. The zero-order chi connectivity index (χ0) is 14.5. The predicted octanol–water partition coefficient (Wildman–Crippen LogP) is 1.77. The highest BCUT2D eigenvalue weighted by Crippen LogP contribution is 2.24. The molecular formula is C16H17NO3. The molecule has 104 valence electrons. The third kappa shape index (κ3) is 3.06. The van der Waals surface area contributed by atoms with Crippen molar-refractivity contribution in [1.29, 1.82) is 0 Å². The molecule has 0 atom stereocenters. The van der Waals surface area contributed by atoms with Gasteiger partial charge in [0.1, 0.15) is 0 Å². The summed E-state index contributed by atoms with van der Waals surface area (Å²) in [5.41, 5.74) is 2.38. The first kappa shape index (κ1) is 14.3. The molecule has 0 aliphatic carbocycles. The summed E-state index contributed by atoms with van der Waals surface area (Å²) in [4.78, 5) is 25.0. The Balaban J connectivity index is 2.27. The minimum atomic E-state index is -0.139. The summed E-state index contributed by atoms with van der Waals surface area (Å²) in [6.45, 7) is 1.94. The fourth-order valence-electron chi connectivity index (χ4n) is 2.18. The second kappa shape index (κ2) is 6.36. The summed E-state index contributed by atoms with van der Waals surface area (Å²) in [5, 5.41) is 8.70. The van der Waals surface area contributed by atoms with Crippen LogP contribution in [0.4, 0.5) is 5.69 Å². The predicted molar refractivity (Wildman–Crippen MR) is 76.1 cm³/mol. The van der Waals surface area contributed by atoms with E-state index >= 15 is 0 Å². The summed E-state index contributed by atoms with van der Waals surface area (Å²) < 4.78 is 0. The van der Waals surface area contributed by atoms with Gasteiger partial charge >= 0.3 is 0 Å². The smallest absolute Gasteiger partial charge is 0.233 e. The van der Waals surface area contributed by atoms with E-state index in [1.165, 1.54) is 4.90 Å². The molecule has 0 spiro atoms. The van der Waals surface area contributed by atoms with Crippen LogP contribution in [0.1, 0.15) is 36.8 Å². The Morgan fingerprint density at radius 3 is 2.55 bits per heavy atom. The number of nitrogens with zero attached hydrogens (tertiary/aromatic N) is 1. The second-order valence-electron chi connectivity index (χ2n) is 4.75. The lowest BCUT2D eigenvalue weighted by atomic mass is 10.0. The van der Waals surface area contributed by atoms with Gasteiger partial charge in [-0.1, -0.05) is 11.8 Å². The van der Waals surface area contributed by atoms with Crippen molar-refractivity contribution in [3.8, 4) is 11.8 Å². The Kier molecular flexibility index (Phi) is 4.54. The molecule has 1 saturated heterocycles. The lowest BCUT2D eigenvalue weighted by Crippen LogP contribution is -2.40. The van der Waals surface area contributed by atoms with E-state index in [-0.39, 0.29) is 18.4 Å². The molecule has 1 aromatic rings. The number of aliphatic hydroxyl groups excluding tert-OH is 1. The molecule has 0 unspecified atom stereocenters. The monoisotopic (exact) mass is 271 g/mol. The maximum Gasteiger partial charge on any atom is 0.233 e. The number of hydrogen-bond acceptors (Lipinski definition) is 3. The van der Waals surface area contributed by atoms with E-state index < -0.39 is 0 Å². The molecule has 1 aliphatic rings. The standard InChI is InChI=1S/C16H17NO3/c1-12-11-14(9-8-13(12)5-2-3-10-18)17-15(19)6-4-7-16(17)20/h8-9,11,18H,3-4,6-7,10H2,1H3. The van der Waals surface area contributed by atoms with Gasteiger partial charge in [-0.05, 0) is 37.1 Å². The van der Waals surface area contributed by atoms with E-state index in [0.717, 1.165) is 11.1 Å². The van der Waals surface area contributed by atoms with E-state index in [4.69, 9.17) is 5.11 Å². The van der Waals surface area contributed by atoms with Crippen molar-refractivity contribution in [3.63, 3.8) is 0 Å². The molecule has 1 aliphatic heterocycles. The molecule has 1 heterocycles. The van der Waals surface area contributed by atoms with Crippen LogP contribution in [0.2, 0.25) is 0 Å². The highest BCUT2D eigenvalue weighted by atomic mass is 16.2. The molecule has 0 saturated carbocycles. The van der Waals surface area contributed by atoms with Crippen LogP contribution in [0, 0.1) is 18.8 Å². The largest absolute Gasteiger partial charge is 0.395 e. The molecule has 1 aromatic carbocycles. The Hall–Kier alpha value is -2.12. The third-order valence-corrected chi connectivity index (χ3v) is 3.21. The summed E-state index contributed by atoms with van der Waals surface area (Å²) in [7, 11) is 0. The average Bonchev–Trinajstić information content (AvgIpc) is 2.41. The number of hydrogen-bond donors (Lipinski definition) is 1. The van der Waals surface area contributed by atoms with Crippen molar-refractivity contribution < 1.29 is 14.7 Å². The maximum atomic E-state index is 11.9. The van der Waals surface area contributed by atoms with Gasteiger partial charge in [-0.15, -0.1) is 0 Å². The van der Waals surface area contributed by atoms with Gasteiger partial charge in [0.15, 0.2) is 0 Å². The van der Waals surface area contributed by atoms with Crippen LogP contribution < -0.4 is 4.90 Å². The highest BCUT2D eigenvalue weighted by molar-refractivity contribution is 6.16. The van der Waals surface area contributed by atoms with Crippen molar-refractivity contribution >= 4 is 17.5 Å². The molecular weight excluding hydrogens is 254 g/mol. The SMILES string of the molecule is Cc1cc(N2C(=O)CCCC2=O)ccc1C#CCCO. The summed E-state index contributed by atoms with van der Waals surface area (Å²) in [6, 6.07) is 5.37. The first-order valence-electron chi connectivity index (χ1n) is 6.69. The van der Waals surface area contributed by atoms with Crippen LogP contribution in [0.25, 0.3) is 0 Å². The van der Waals surface area contributed by atoms with Gasteiger partial charge in [0.2, 0.25) is 11.8 Å². The van der Waals surface area contributed by atoms with Gasteiger partial charge in [-0.2, -0.15) is 0 Å². The van der Waals surface area contributed by atoms with Crippen molar-refractivity contribution in [2.24, 2.45) is 0 Å². The van der Waals surface area contributed by atoms with E-state index in [2.05, 4.69) is 11.8 Å². The molecule has 0 aromatic heterocycles. The molecule has 4 heteroatoms. The highest BCUT2D eigenvalue weighted by Gasteiger charge is 2.27. The lowest BCUT2D eigenvalue weighted by molar-refractivity contribution is -0.129. The van der Waals surface area contributed by atoms with Crippen LogP contribution in [0.5, 0.6) is 0 Å². The zero-order valence-electron chi connectivity index (χ0n) is 11.5. The molecule has 0 bridgehead atoms. The summed E-state index contributed by atoms with van der Waals surface area (Å²) in [6.07, 6.45) is 1.91. The van der Waals surface area contributed by atoms with E-state index in [1.54, 1.807) is 6.07 Å². The summed E-state index contributed by atoms with van der Waals surface area (Å²) in [5.74, 6) is 5.55. The van der Waals surface area contributed by atoms with Gasteiger partial charge in [0, 0.05) is 24.8 Å². The first-order chi connectivity index (χ1) is 9.63. The molecule has 1 fully saturated rings. The number of benzene rings is 1. The minimum absolute atomic E-state index is 0.0426. The number of carbonyl (C=O) groups is 2. The van der Waals surface area contributed by atoms with Crippen LogP contribution in [-0.4, -0.2) is 23.5 Å². The molecule has 4 nitrogen and oxygen atoms in total. The fourth-order valence-corrected chi connectivity index (χ4v) is 2.18. The maximum absolute atomic E-state index is 11.9. The normalized spacial score (nSPS) is 15.0. The Labute approximate surface area is 118 Å². The van der Waals surface area contributed by atoms with Gasteiger partial charge in [0.05, 0.1) is 12.3 Å². The van der Waals surface area contributed by atoms with Gasteiger partial charge < -0.3 is 5.11 Å². The quantitative estimate of drug-likeness (QED) is 0.659. The van der Waals surface area contributed by atoms with Gasteiger partial charge in [0.25, 0.3) is 0 Å². The van der Waals surface area contributed by atoms with Crippen LogP contribution in [-0.2, 0) is 9.59 Å². The van der Waals surface area contributed by atoms with Crippen molar-refractivity contribution in [1.82, 2.24) is 0 Å². The van der Waals surface area contributed by atoms with Crippen LogP contribution >= 0.6 is 0 Å². The van der Waals surface area contributed by atoms with E-state index in [0.29, 0.717) is 31.4 Å². The molecule has 1 N–H and O–H groups in total. The average molecular weight is 271 g/mol. The van der Waals surface area contributed by atoms with Gasteiger partial charge in [-0.25, -0.2) is 0 Å². The number of carbonyl (C=O) groups excluding carboxylic acids is 2. The number of aryl methyl sites for hydroxylation is 1. The number of rotatable bonds is 2. The lowest BCUT2D eigenvalue weighted by Gasteiger charge is -2.25. The van der Waals surface area contributed by atoms with E-state index in [9.17, 15) is 9.59 Å². The Morgan fingerprint density at radius 1 is 1.25 bits per heavy atom. The Morgan fingerprint density at radius 2 is 1.95 bits per heavy atom. The zero-order valence-corrected chi connectivity index (χ0v) is 11.5. The Bertz CT molecular complexity index is 579. The fraction of sp³-hybridized carbons (Fsp3) is 0.375. The molecule has 2 rings (SSSR count). The van der Waals surface area contributed by atoms with Crippen LogP contribution in [0.15, 0.2) is 18.2 Å². The van der Waals surface area contributed by atoms with Crippen molar-refractivity contribution in [2.45, 2.75) is 32.6 Å². The number of imide groups is 1. The first-order valence-corrected chi connectivity index (χ1v) is 6.69. The van der Waals surface area contributed by atoms with Crippen molar-refractivity contribution in [3.05, 3.63) is 29.3 Å². The van der Waals surface area contributed by atoms with E-state index in [1.807, 2.05) is 19.1 Å². The number of amides is 2. The summed E-state index contributed by atoms with van der Waals surface area (Å²) >= 11 is 0. The van der Waals surface area contributed by atoms with Crippen LogP contribution in [0.3, 0.4) is 0 Å².